The van der Waals surface area contributed by atoms with Gasteiger partial charge in [-0.25, -0.2) is 0 Å². The molecule has 0 heterocycles. The average molecular weight is 144 g/mol. The molecule has 1 fully saturated rings. The largest absolute Gasteiger partial charge is 0.481 e. The summed E-state index contributed by atoms with van der Waals surface area (Å²) in [4.78, 5) is 10.1. The molecule has 0 aromatic carbocycles. The van der Waals surface area contributed by atoms with Crippen LogP contribution in [0.3, 0.4) is 0 Å². The average Bonchev–Trinajstić information content (AvgIpc) is 1.84. The highest BCUT2D eigenvalue weighted by Crippen LogP contribution is 2.30. The molecule has 0 aliphatic heterocycles. The van der Waals surface area contributed by atoms with E-state index in [1.54, 1.807) is 0 Å². The van der Waals surface area contributed by atoms with Gasteiger partial charge >= 0.3 is 5.97 Å². The van der Waals surface area contributed by atoms with Crippen molar-refractivity contribution in [2.45, 2.75) is 31.8 Å². The van der Waals surface area contributed by atoms with Crippen molar-refractivity contribution in [3.63, 3.8) is 0 Å². The number of aliphatic hydroxyl groups is 1. The minimum absolute atomic E-state index is 0.196. The number of rotatable bonds is 3. The Morgan fingerprint density at radius 3 is 2.50 bits per heavy atom. The SMILES string of the molecule is O=C(O)CCC1CCC1O. The monoisotopic (exact) mass is 144 g/mol. The van der Waals surface area contributed by atoms with Gasteiger partial charge in [0.25, 0.3) is 0 Å². The lowest BCUT2D eigenvalue weighted by Gasteiger charge is -2.31. The van der Waals surface area contributed by atoms with Gasteiger partial charge < -0.3 is 10.2 Å². The molecule has 0 saturated heterocycles. The van der Waals surface area contributed by atoms with Gasteiger partial charge in [-0.05, 0) is 25.2 Å². The predicted molar refractivity (Wildman–Crippen MR) is 35.6 cm³/mol. The van der Waals surface area contributed by atoms with Crippen LogP contribution in [0.1, 0.15) is 25.7 Å². The second-order valence-corrected chi connectivity index (χ2v) is 2.84. The summed E-state index contributed by atoms with van der Waals surface area (Å²) in [6, 6.07) is 0. The van der Waals surface area contributed by atoms with Crippen LogP contribution in [0.4, 0.5) is 0 Å². The number of aliphatic hydroxyl groups excluding tert-OH is 1. The Morgan fingerprint density at radius 1 is 1.50 bits per heavy atom. The fourth-order valence-corrected chi connectivity index (χ4v) is 1.20. The number of hydrogen-bond acceptors (Lipinski definition) is 2. The normalized spacial score (nSPS) is 31.3. The lowest BCUT2D eigenvalue weighted by atomic mass is 9.79. The van der Waals surface area contributed by atoms with E-state index < -0.39 is 5.97 Å². The highest BCUT2D eigenvalue weighted by atomic mass is 16.4. The Labute approximate surface area is 59.7 Å². The first-order valence-electron chi connectivity index (χ1n) is 3.60. The number of carboxylic acid groups (broad SMARTS) is 1. The number of carbonyl (C=O) groups is 1. The summed E-state index contributed by atoms with van der Waals surface area (Å²) in [5.74, 6) is -0.504. The molecule has 0 amide bonds. The van der Waals surface area contributed by atoms with Gasteiger partial charge in [-0.2, -0.15) is 0 Å². The third kappa shape index (κ3) is 1.70. The molecule has 1 saturated carbocycles. The first-order chi connectivity index (χ1) is 4.70. The van der Waals surface area contributed by atoms with Gasteiger partial charge in [-0.1, -0.05) is 0 Å². The molecule has 1 aliphatic carbocycles. The molecule has 2 N–H and O–H groups in total. The highest BCUT2D eigenvalue weighted by Gasteiger charge is 2.28. The minimum atomic E-state index is -0.765. The van der Waals surface area contributed by atoms with Gasteiger partial charge in [0.2, 0.25) is 0 Å². The Balaban J connectivity index is 2.08. The molecule has 10 heavy (non-hydrogen) atoms. The maximum Gasteiger partial charge on any atom is 0.303 e. The highest BCUT2D eigenvalue weighted by molar-refractivity contribution is 5.66. The molecule has 0 spiro atoms. The summed E-state index contributed by atoms with van der Waals surface area (Å²) in [6.07, 6.45) is 2.45. The van der Waals surface area contributed by atoms with E-state index in [9.17, 15) is 4.79 Å². The van der Waals surface area contributed by atoms with Crippen molar-refractivity contribution in [2.75, 3.05) is 0 Å². The van der Waals surface area contributed by atoms with Gasteiger partial charge in [-0.3, -0.25) is 4.79 Å². The van der Waals surface area contributed by atoms with Crippen LogP contribution in [0.2, 0.25) is 0 Å². The van der Waals surface area contributed by atoms with E-state index in [4.69, 9.17) is 10.2 Å². The molecule has 3 nitrogen and oxygen atoms in total. The quantitative estimate of drug-likeness (QED) is 0.610. The first-order valence-corrected chi connectivity index (χ1v) is 3.60. The zero-order valence-electron chi connectivity index (χ0n) is 5.79. The lowest BCUT2D eigenvalue weighted by Crippen LogP contribution is -2.31. The van der Waals surface area contributed by atoms with Crippen molar-refractivity contribution in [1.29, 1.82) is 0 Å². The maximum absolute atomic E-state index is 10.1. The van der Waals surface area contributed by atoms with Crippen LogP contribution in [0, 0.1) is 5.92 Å². The molecule has 1 aliphatic rings. The van der Waals surface area contributed by atoms with Crippen molar-refractivity contribution >= 4 is 5.97 Å². The Morgan fingerprint density at radius 2 is 2.20 bits per heavy atom. The van der Waals surface area contributed by atoms with Crippen LogP contribution in [-0.4, -0.2) is 22.3 Å². The van der Waals surface area contributed by atoms with Gasteiger partial charge in [0, 0.05) is 6.42 Å². The van der Waals surface area contributed by atoms with Crippen molar-refractivity contribution in [1.82, 2.24) is 0 Å². The van der Waals surface area contributed by atoms with Crippen molar-refractivity contribution in [3.05, 3.63) is 0 Å². The second kappa shape index (κ2) is 3.01. The molecule has 2 atom stereocenters. The van der Waals surface area contributed by atoms with Crippen LogP contribution in [0.15, 0.2) is 0 Å². The minimum Gasteiger partial charge on any atom is -0.481 e. The third-order valence-corrected chi connectivity index (χ3v) is 2.11. The van der Waals surface area contributed by atoms with Crippen LogP contribution >= 0.6 is 0 Å². The standard InChI is InChI=1S/C7H12O3/c8-6-3-1-5(6)2-4-7(9)10/h5-6,8H,1-4H2,(H,9,10). The summed E-state index contributed by atoms with van der Waals surface area (Å²) in [5.41, 5.74) is 0. The first kappa shape index (κ1) is 7.54. The molecule has 58 valence electrons. The zero-order valence-corrected chi connectivity index (χ0v) is 5.79. The van der Waals surface area contributed by atoms with Gasteiger partial charge in [0.05, 0.1) is 6.10 Å². The van der Waals surface area contributed by atoms with Crippen LogP contribution < -0.4 is 0 Å². The Hall–Kier alpha value is -0.570. The lowest BCUT2D eigenvalue weighted by molar-refractivity contribution is -0.137. The molecular weight excluding hydrogens is 132 g/mol. The van der Waals surface area contributed by atoms with Crippen molar-refractivity contribution in [2.24, 2.45) is 5.92 Å². The van der Waals surface area contributed by atoms with Gasteiger partial charge in [0.1, 0.15) is 0 Å². The van der Waals surface area contributed by atoms with E-state index in [1.165, 1.54) is 0 Å². The molecule has 2 unspecified atom stereocenters. The van der Waals surface area contributed by atoms with Crippen molar-refractivity contribution in [3.8, 4) is 0 Å². The second-order valence-electron chi connectivity index (χ2n) is 2.84. The number of hydrogen-bond donors (Lipinski definition) is 2. The fraction of sp³-hybridized carbons (Fsp3) is 0.857. The molecule has 3 heteroatoms. The fourth-order valence-electron chi connectivity index (χ4n) is 1.20. The molecule has 1 rings (SSSR count). The molecule has 0 aromatic rings. The summed E-state index contributed by atoms with van der Waals surface area (Å²) in [7, 11) is 0. The van der Waals surface area contributed by atoms with E-state index in [2.05, 4.69) is 0 Å². The van der Waals surface area contributed by atoms with E-state index in [1.807, 2.05) is 0 Å². The van der Waals surface area contributed by atoms with Crippen LogP contribution in [0.25, 0.3) is 0 Å². The predicted octanol–water partition coefficient (Wildman–Crippen LogP) is 0.622. The molecule has 0 aromatic heterocycles. The summed E-state index contributed by atoms with van der Waals surface area (Å²) < 4.78 is 0. The molecular formula is C7H12O3. The smallest absolute Gasteiger partial charge is 0.303 e. The summed E-state index contributed by atoms with van der Waals surface area (Å²) in [6.45, 7) is 0. The van der Waals surface area contributed by atoms with Gasteiger partial charge in [0.15, 0.2) is 0 Å². The summed E-state index contributed by atoms with van der Waals surface area (Å²) >= 11 is 0. The zero-order chi connectivity index (χ0) is 7.56. The topological polar surface area (TPSA) is 57.5 Å². The van der Waals surface area contributed by atoms with Crippen LogP contribution in [0.5, 0.6) is 0 Å². The van der Waals surface area contributed by atoms with Gasteiger partial charge in [-0.15, -0.1) is 0 Å². The van der Waals surface area contributed by atoms with Crippen molar-refractivity contribution < 1.29 is 15.0 Å². The van der Waals surface area contributed by atoms with E-state index in [0.29, 0.717) is 6.42 Å². The van der Waals surface area contributed by atoms with E-state index in [-0.39, 0.29) is 18.4 Å². The molecule has 0 radical (unpaired) electrons. The number of carboxylic acids is 1. The van der Waals surface area contributed by atoms with E-state index >= 15 is 0 Å². The Bertz CT molecular complexity index is 133. The van der Waals surface area contributed by atoms with E-state index in [0.717, 1.165) is 12.8 Å². The molecule has 0 bridgehead atoms. The third-order valence-electron chi connectivity index (χ3n) is 2.11. The summed E-state index contributed by atoms with van der Waals surface area (Å²) in [5, 5.41) is 17.3. The number of aliphatic carboxylic acids is 1. The van der Waals surface area contributed by atoms with Crippen LogP contribution in [-0.2, 0) is 4.79 Å². The Kier molecular flexibility index (Phi) is 2.27. The maximum atomic E-state index is 10.1.